The third kappa shape index (κ3) is 6.76. The Labute approximate surface area is 119 Å². The van der Waals surface area contributed by atoms with E-state index in [0.29, 0.717) is 37.4 Å². The molecule has 1 aromatic carbocycles. The molecule has 0 atom stereocenters. The fraction of sp³-hybridized carbons (Fsp3) is 0.467. The van der Waals surface area contributed by atoms with Crippen molar-refractivity contribution in [1.82, 2.24) is 5.32 Å². The lowest BCUT2D eigenvalue weighted by Gasteiger charge is -2.09. The van der Waals surface area contributed by atoms with Gasteiger partial charge in [0.15, 0.2) is 0 Å². The Bertz CT molecular complexity index is 455. The van der Waals surface area contributed by atoms with Gasteiger partial charge in [-0.15, -0.1) is 0 Å². The zero-order valence-electron chi connectivity index (χ0n) is 11.8. The van der Waals surface area contributed by atoms with Gasteiger partial charge in [0.1, 0.15) is 5.75 Å². The van der Waals surface area contributed by atoms with E-state index in [-0.39, 0.29) is 5.91 Å². The zero-order valence-corrected chi connectivity index (χ0v) is 11.8. The fourth-order valence-corrected chi connectivity index (χ4v) is 1.59. The SMILES string of the molecule is CCCNCC(=O)Nc1cccc(OCCCC#N)c1. The van der Waals surface area contributed by atoms with E-state index in [1.165, 1.54) is 0 Å². The highest BCUT2D eigenvalue weighted by atomic mass is 16.5. The number of hydrogen-bond acceptors (Lipinski definition) is 4. The molecule has 0 unspecified atom stereocenters. The molecule has 0 spiro atoms. The number of carbonyl (C=O) groups excluding carboxylic acids is 1. The molecule has 1 amide bonds. The molecule has 108 valence electrons. The number of nitrogens with zero attached hydrogens (tertiary/aromatic N) is 1. The van der Waals surface area contributed by atoms with Gasteiger partial charge in [-0.05, 0) is 31.5 Å². The number of hydrogen-bond donors (Lipinski definition) is 2. The van der Waals surface area contributed by atoms with E-state index in [9.17, 15) is 4.79 Å². The van der Waals surface area contributed by atoms with Gasteiger partial charge in [-0.2, -0.15) is 5.26 Å². The second-order valence-corrected chi connectivity index (χ2v) is 4.36. The van der Waals surface area contributed by atoms with Crippen LogP contribution in [-0.2, 0) is 4.79 Å². The molecule has 20 heavy (non-hydrogen) atoms. The smallest absolute Gasteiger partial charge is 0.238 e. The van der Waals surface area contributed by atoms with Crippen LogP contribution in [0.15, 0.2) is 24.3 Å². The van der Waals surface area contributed by atoms with E-state index in [4.69, 9.17) is 10.00 Å². The van der Waals surface area contributed by atoms with Crippen molar-refractivity contribution in [3.05, 3.63) is 24.3 Å². The van der Waals surface area contributed by atoms with Crippen molar-refractivity contribution in [1.29, 1.82) is 5.26 Å². The average molecular weight is 275 g/mol. The first kappa shape index (κ1) is 16.0. The quantitative estimate of drug-likeness (QED) is 0.678. The van der Waals surface area contributed by atoms with E-state index in [2.05, 4.69) is 23.6 Å². The molecule has 0 aliphatic carbocycles. The highest BCUT2D eigenvalue weighted by Crippen LogP contribution is 2.17. The van der Waals surface area contributed by atoms with Crippen LogP contribution in [-0.4, -0.2) is 25.6 Å². The Hall–Kier alpha value is -2.06. The summed E-state index contributed by atoms with van der Waals surface area (Å²) >= 11 is 0. The van der Waals surface area contributed by atoms with Crippen molar-refractivity contribution >= 4 is 11.6 Å². The number of benzene rings is 1. The Balaban J connectivity index is 2.39. The maximum absolute atomic E-state index is 11.6. The van der Waals surface area contributed by atoms with Crippen LogP contribution >= 0.6 is 0 Å². The molecular weight excluding hydrogens is 254 g/mol. The predicted octanol–water partition coefficient (Wildman–Crippen LogP) is 2.31. The number of anilines is 1. The van der Waals surface area contributed by atoms with Crippen molar-refractivity contribution in [2.45, 2.75) is 26.2 Å². The van der Waals surface area contributed by atoms with E-state index in [1.54, 1.807) is 6.07 Å². The number of nitrogens with one attached hydrogen (secondary N) is 2. The van der Waals surface area contributed by atoms with Gasteiger partial charge in [-0.3, -0.25) is 4.79 Å². The molecule has 0 aromatic heterocycles. The number of amides is 1. The van der Waals surface area contributed by atoms with Gasteiger partial charge in [-0.1, -0.05) is 13.0 Å². The largest absolute Gasteiger partial charge is 0.493 e. The minimum atomic E-state index is -0.0694. The summed E-state index contributed by atoms with van der Waals surface area (Å²) in [6, 6.07) is 9.33. The standard InChI is InChI=1S/C15H21N3O2/c1-2-9-17-12-15(19)18-13-6-5-7-14(11-13)20-10-4-3-8-16/h5-7,11,17H,2-4,9-10,12H2,1H3,(H,18,19). The van der Waals surface area contributed by atoms with Crippen molar-refractivity contribution in [3.8, 4) is 11.8 Å². The molecule has 5 heteroatoms. The highest BCUT2D eigenvalue weighted by molar-refractivity contribution is 5.92. The highest BCUT2D eigenvalue weighted by Gasteiger charge is 2.02. The van der Waals surface area contributed by atoms with Gasteiger partial charge in [0, 0.05) is 18.2 Å². The molecule has 0 heterocycles. The minimum absolute atomic E-state index is 0.0694. The first-order valence-electron chi connectivity index (χ1n) is 6.86. The van der Waals surface area contributed by atoms with Crippen LogP contribution in [0.4, 0.5) is 5.69 Å². The van der Waals surface area contributed by atoms with Gasteiger partial charge < -0.3 is 15.4 Å². The molecule has 0 bridgehead atoms. The second-order valence-electron chi connectivity index (χ2n) is 4.36. The van der Waals surface area contributed by atoms with Crippen LogP contribution < -0.4 is 15.4 Å². The fourth-order valence-electron chi connectivity index (χ4n) is 1.59. The molecule has 0 aliphatic rings. The zero-order chi connectivity index (χ0) is 14.6. The summed E-state index contributed by atoms with van der Waals surface area (Å²) < 4.78 is 5.51. The molecule has 0 aliphatic heterocycles. The van der Waals surface area contributed by atoms with E-state index in [1.807, 2.05) is 18.2 Å². The van der Waals surface area contributed by atoms with E-state index < -0.39 is 0 Å². The van der Waals surface area contributed by atoms with Gasteiger partial charge >= 0.3 is 0 Å². The number of rotatable bonds is 9. The minimum Gasteiger partial charge on any atom is -0.493 e. The van der Waals surface area contributed by atoms with Crippen LogP contribution in [0.1, 0.15) is 26.2 Å². The lowest BCUT2D eigenvalue weighted by molar-refractivity contribution is -0.115. The summed E-state index contributed by atoms with van der Waals surface area (Å²) in [5.74, 6) is 0.627. The summed E-state index contributed by atoms with van der Waals surface area (Å²) in [6.45, 7) is 3.69. The van der Waals surface area contributed by atoms with Crippen LogP contribution in [0, 0.1) is 11.3 Å². The summed E-state index contributed by atoms with van der Waals surface area (Å²) in [7, 11) is 0. The van der Waals surface area contributed by atoms with Gasteiger partial charge in [0.05, 0.1) is 19.2 Å². The number of nitriles is 1. The third-order valence-corrected chi connectivity index (χ3v) is 2.53. The Morgan fingerprint density at radius 2 is 2.30 bits per heavy atom. The van der Waals surface area contributed by atoms with Crippen molar-refractivity contribution < 1.29 is 9.53 Å². The molecule has 0 fully saturated rings. The van der Waals surface area contributed by atoms with Crippen LogP contribution in [0.5, 0.6) is 5.75 Å². The predicted molar refractivity (Wildman–Crippen MR) is 78.6 cm³/mol. The molecule has 0 saturated carbocycles. The van der Waals surface area contributed by atoms with Gasteiger partial charge in [0.2, 0.25) is 5.91 Å². The number of ether oxygens (including phenoxy) is 1. The third-order valence-electron chi connectivity index (χ3n) is 2.53. The number of carbonyl (C=O) groups is 1. The van der Waals surface area contributed by atoms with Crippen molar-refractivity contribution in [2.75, 3.05) is 25.0 Å². The van der Waals surface area contributed by atoms with E-state index >= 15 is 0 Å². The molecule has 0 radical (unpaired) electrons. The molecule has 1 aromatic rings. The lowest BCUT2D eigenvalue weighted by atomic mass is 10.3. The van der Waals surface area contributed by atoms with Gasteiger partial charge in [0.25, 0.3) is 0 Å². The summed E-state index contributed by atoms with van der Waals surface area (Å²) in [4.78, 5) is 11.6. The first-order valence-corrected chi connectivity index (χ1v) is 6.86. The lowest BCUT2D eigenvalue weighted by Crippen LogP contribution is -2.28. The Morgan fingerprint density at radius 1 is 1.45 bits per heavy atom. The van der Waals surface area contributed by atoms with Crippen molar-refractivity contribution in [2.24, 2.45) is 0 Å². The molecule has 5 nitrogen and oxygen atoms in total. The summed E-state index contributed by atoms with van der Waals surface area (Å²) in [5.41, 5.74) is 0.714. The molecule has 1 rings (SSSR count). The summed E-state index contributed by atoms with van der Waals surface area (Å²) in [6.07, 6.45) is 2.19. The van der Waals surface area contributed by atoms with Crippen LogP contribution in [0.2, 0.25) is 0 Å². The van der Waals surface area contributed by atoms with Gasteiger partial charge in [-0.25, -0.2) is 0 Å². The Morgan fingerprint density at radius 3 is 3.05 bits per heavy atom. The second kappa shape index (κ2) is 9.82. The molecule has 0 saturated heterocycles. The van der Waals surface area contributed by atoms with Crippen LogP contribution in [0.3, 0.4) is 0 Å². The van der Waals surface area contributed by atoms with Crippen molar-refractivity contribution in [3.63, 3.8) is 0 Å². The monoisotopic (exact) mass is 275 g/mol. The average Bonchev–Trinajstić information content (AvgIpc) is 2.44. The van der Waals surface area contributed by atoms with Crippen LogP contribution in [0.25, 0.3) is 0 Å². The Kier molecular flexibility index (Phi) is 7.85. The first-order chi connectivity index (χ1) is 9.76. The maximum Gasteiger partial charge on any atom is 0.238 e. The summed E-state index contributed by atoms with van der Waals surface area (Å²) in [5, 5.41) is 14.3. The molecule has 2 N–H and O–H groups in total. The number of unbranched alkanes of at least 4 members (excludes halogenated alkanes) is 1. The normalized spacial score (nSPS) is 9.80. The topological polar surface area (TPSA) is 74.2 Å². The van der Waals surface area contributed by atoms with E-state index in [0.717, 1.165) is 13.0 Å². The maximum atomic E-state index is 11.6. The molecular formula is C15H21N3O2.